The first-order valence-electron chi connectivity index (χ1n) is 6.89. The molecule has 1 fully saturated rings. The van der Waals surface area contributed by atoms with Gasteiger partial charge in [-0.05, 0) is 30.9 Å². The Kier molecular flexibility index (Phi) is 4.48. The average Bonchev–Trinajstić information content (AvgIpc) is 2.36. The highest BCUT2D eigenvalue weighted by Gasteiger charge is 2.19. The number of benzene rings is 1. The molecule has 0 amide bonds. The molecular formula is C15H24N2O. The molecule has 0 spiro atoms. The van der Waals surface area contributed by atoms with E-state index in [4.69, 9.17) is 10.5 Å². The number of ether oxygens (including phenoxy) is 1. The first kappa shape index (κ1) is 13.2. The van der Waals surface area contributed by atoms with Gasteiger partial charge in [-0.25, -0.2) is 0 Å². The van der Waals surface area contributed by atoms with Gasteiger partial charge in [0.15, 0.2) is 0 Å². The van der Waals surface area contributed by atoms with Gasteiger partial charge >= 0.3 is 0 Å². The lowest BCUT2D eigenvalue weighted by molar-refractivity contribution is 0.271. The Morgan fingerprint density at radius 1 is 1.39 bits per heavy atom. The summed E-state index contributed by atoms with van der Waals surface area (Å²) in [5.41, 5.74) is 7.24. The summed E-state index contributed by atoms with van der Waals surface area (Å²) in [5, 5.41) is 0. The predicted octanol–water partition coefficient (Wildman–Crippen LogP) is 2.65. The number of anilines is 1. The van der Waals surface area contributed by atoms with Crippen molar-refractivity contribution < 1.29 is 4.74 Å². The van der Waals surface area contributed by atoms with Crippen molar-refractivity contribution in [3.8, 4) is 5.75 Å². The zero-order chi connectivity index (χ0) is 13.0. The Labute approximate surface area is 110 Å². The zero-order valence-corrected chi connectivity index (χ0v) is 11.4. The van der Waals surface area contributed by atoms with E-state index in [1.165, 1.54) is 12.1 Å². The maximum Gasteiger partial charge on any atom is 0.142 e. The molecule has 1 aliphatic heterocycles. The standard InChI is InChI=1S/C15H24N2O/c1-12(2)11-18-15-8-4-3-7-14(15)17-9-5-6-13(16)10-17/h3-4,7-8,12-13H,5-6,9-11,16H2,1-2H3. The van der Waals surface area contributed by atoms with Gasteiger partial charge < -0.3 is 15.4 Å². The number of hydrogen-bond donors (Lipinski definition) is 1. The van der Waals surface area contributed by atoms with Crippen LogP contribution < -0.4 is 15.4 Å². The van der Waals surface area contributed by atoms with Gasteiger partial charge in [0, 0.05) is 19.1 Å². The van der Waals surface area contributed by atoms with Crippen molar-refractivity contribution in [2.24, 2.45) is 11.7 Å². The summed E-state index contributed by atoms with van der Waals surface area (Å²) in [6, 6.07) is 8.57. The van der Waals surface area contributed by atoms with E-state index in [1.807, 2.05) is 6.07 Å². The second-order valence-electron chi connectivity index (χ2n) is 5.52. The molecule has 0 radical (unpaired) electrons. The van der Waals surface area contributed by atoms with Crippen LogP contribution in [0.5, 0.6) is 5.75 Å². The molecule has 1 aromatic rings. The van der Waals surface area contributed by atoms with Crippen LogP contribution in [0.15, 0.2) is 24.3 Å². The Balaban J connectivity index is 2.10. The van der Waals surface area contributed by atoms with Gasteiger partial charge in [0.1, 0.15) is 5.75 Å². The van der Waals surface area contributed by atoms with E-state index in [0.29, 0.717) is 5.92 Å². The summed E-state index contributed by atoms with van der Waals surface area (Å²) >= 11 is 0. The van der Waals surface area contributed by atoms with Crippen LogP contribution in [0.2, 0.25) is 0 Å². The number of nitrogens with two attached hydrogens (primary N) is 1. The highest BCUT2D eigenvalue weighted by Crippen LogP contribution is 2.30. The van der Waals surface area contributed by atoms with E-state index < -0.39 is 0 Å². The minimum absolute atomic E-state index is 0.289. The van der Waals surface area contributed by atoms with Crippen LogP contribution >= 0.6 is 0 Å². The summed E-state index contributed by atoms with van der Waals surface area (Å²) in [7, 11) is 0. The molecule has 0 aromatic heterocycles. The Hall–Kier alpha value is -1.22. The molecule has 0 saturated carbocycles. The minimum atomic E-state index is 0.289. The van der Waals surface area contributed by atoms with Gasteiger partial charge in [-0.2, -0.15) is 0 Å². The van der Waals surface area contributed by atoms with Crippen LogP contribution in [-0.2, 0) is 0 Å². The lowest BCUT2D eigenvalue weighted by Crippen LogP contribution is -2.43. The molecule has 18 heavy (non-hydrogen) atoms. The van der Waals surface area contributed by atoms with Crippen molar-refractivity contribution in [1.82, 2.24) is 0 Å². The normalized spacial score (nSPS) is 20.2. The van der Waals surface area contributed by atoms with Crippen molar-refractivity contribution in [3.05, 3.63) is 24.3 Å². The molecule has 1 atom stereocenters. The fourth-order valence-electron chi connectivity index (χ4n) is 2.33. The molecule has 3 heteroatoms. The number of para-hydroxylation sites is 2. The molecule has 0 bridgehead atoms. The molecule has 1 heterocycles. The quantitative estimate of drug-likeness (QED) is 0.890. The van der Waals surface area contributed by atoms with Crippen molar-refractivity contribution >= 4 is 5.69 Å². The molecule has 2 rings (SSSR count). The van der Waals surface area contributed by atoms with Crippen LogP contribution in [0.1, 0.15) is 26.7 Å². The van der Waals surface area contributed by atoms with Gasteiger partial charge in [-0.15, -0.1) is 0 Å². The number of rotatable bonds is 4. The summed E-state index contributed by atoms with van der Waals surface area (Å²) in [5.74, 6) is 1.53. The summed E-state index contributed by atoms with van der Waals surface area (Å²) in [4.78, 5) is 2.35. The monoisotopic (exact) mass is 248 g/mol. The molecular weight excluding hydrogens is 224 g/mol. The minimum Gasteiger partial charge on any atom is -0.491 e. The maximum atomic E-state index is 6.05. The van der Waals surface area contributed by atoms with E-state index in [-0.39, 0.29) is 6.04 Å². The molecule has 100 valence electrons. The third-order valence-electron chi connectivity index (χ3n) is 3.24. The Morgan fingerprint density at radius 3 is 2.89 bits per heavy atom. The van der Waals surface area contributed by atoms with Crippen LogP contribution in [0.3, 0.4) is 0 Å². The Bertz CT molecular complexity index is 379. The zero-order valence-electron chi connectivity index (χ0n) is 11.4. The number of hydrogen-bond acceptors (Lipinski definition) is 3. The fourth-order valence-corrected chi connectivity index (χ4v) is 2.33. The largest absolute Gasteiger partial charge is 0.491 e. The number of piperidine rings is 1. The number of nitrogens with zero attached hydrogens (tertiary/aromatic N) is 1. The van der Waals surface area contributed by atoms with Crippen molar-refractivity contribution in [1.29, 1.82) is 0 Å². The smallest absolute Gasteiger partial charge is 0.142 e. The predicted molar refractivity (Wildman–Crippen MR) is 76.2 cm³/mol. The molecule has 1 saturated heterocycles. The van der Waals surface area contributed by atoms with Crippen LogP contribution in [0.25, 0.3) is 0 Å². The van der Waals surface area contributed by atoms with Gasteiger partial charge in [-0.3, -0.25) is 0 Å². The van der Waals surface area contributed by atoms with E-state index in [2.05, 4.69) is 36.9 Å². The van der Waals surface area contributed by atoms with Crippen molar-refractivity contribution in [2.45, 2.75) is 32.7 Å². The summed E-state index contributed by atoms with van der Waals surface area (Å²) < 4.78 is 5.90. The topological polar surface area (TPSA) is 38.5 Å². The highest BCUT2D eigenvalue weighted by atomic mass is 16.5. The van der Waals surface area contributed by atoms with E-state index in [1.54, 1.807) is 0 Å². The van der Waals surface area contributed by atoms with E-state index in [9.17, 15) is 0 Å². The second-order valence-corrected chi connectivity index (χ2v) is 5.52. The van der Waals surface area contributed by atoms with Crippen molar-refractivity contribution in [3.63, 3.8) is 0 Å². The average molecular weight is 248 g/mol. The van der Waals surface area contributed by atoms with Crippen LogP contribution in [-0.4, -0.2) is 25.7 Å². The fraction of sp³-hybridized carbons (Fsp3) is 0.600. The first-order chi connectivity index (χ1) is 8.66. The summed E-state index contributed by atoms with van der Waals surface area (Å²) in [6.07, 6.45) is 2.30. The van der Waals surface area contributed by atoms with Gasteiger partial charge in [0.05, 0.1) is 12.3 Å². The molecule has 2 N–H and O–H groups in total. The lowest BCUT2D eigenvalue weighted by atomic mass is 10.1. The van der Waals surface area contributed by atoms with E-state index >= 15 is 0 Å². The second kappa shape index (κ2) is 6.10. The lowest BCUT2D eigenvalue weighted by Gasteiger charge is -2.33. The van der Waals surface area contributed by atoms with Crippen LogP contribution in [0.4, 0.5) is 5.69 Å². The third-order valence-corrected chi connectivity index (χ3v) is 3.24. The summed E-state index contributed by atoms with van der Waals surface area (Å²) in [6.45, 7) is 7.10. The Morgan fingerprint density at radius 2 is 2.17 bits per heavy atom. The highest BCUT2D eigenvalue weighted by molar-refractivity contribution is 5.58. The van der Waals surface area contributed by atoms with Crippen LogP contribution in [0, 0.1) is 5.92 Å². The molecule has 1 unspecified atom stereocenters. The molecule has 1 aromatic carbocycles. The molecule has 1 aliphatic rings. The van der Waals surface area contributed by atoms with E-state index in [0.717, 1.165) is 31.9 Å². The first-order valence-corrected chi connectivity index (χ1v) is 6.89. The molecule has 0 aliphatic carbocycles. The van der Waals surface area contributed by atoms with Gasteiger partial charge in [0.25, 0.3) is 0 Å². The van der Waals surface area contributed by atoms with Gasteiger partial charge in [0.2, 0.25) is 0 Å². The maximum absolute atomic E-state index is 6.05. The SMILES string of the molecule is CC(C)COc1ccccc1N1CCCC(N)C1. The van der Waals surface area contributed by atoms with Gasteiger partial charge in [-0.1, -0.05) is 26.0 Å². The third kappa shape index (κ3) is 3.39. The molecule has 3 nitrogen and oxygen atoms in total. The van der Waals surface area contributed by atoms with Crippen molar-refractivity contribution in [2.75, 3.05) is 24.6 Å².